The summed E-state index contributed by atoms with van der Waals surface area (Å²) in [7, 11) is 1.86. The highest BCUT2D eigenvalue weighted by molar-refractivity contribution is 7.11. The third kappa shape index (κ3) is 2.38. The lowest BCUT2D eigenvalue weighted by molar-refractivity contribution is -0.172. The number of rotatable bonds is 4. The first-order chi connectivity index (χ1) is 11.1. The molecular weight excluding hydrogens is 310 g/mol. The minimum atomic E-state index is 0.0277. The summed E-state index contributed by atoms with van der Waals surface area (Å²) in [5.41, 5.74) is 0.244. The lowest BCUT2D eigenvalue weighted by Gasteiger charge is -2.63. The van der Waals surface area contributed by atoms with Crippen LogP contribution in [0.5, 0.6) is 0 Å². The molecule has 3 aliphatic rings. The Morgan fingerprint density at radius 3 is 3.04 bits per heavy atom. The second-order valence-corrected chi connectivity index (χ2v) is 8.39. The van der Waals surface area contributed by atoms with E-state index >= 15 is 0 Å². The van der Waals surface area contributed by atoms with Gasteiger partial charge in [-0.2, -0.15) is 0 Å². The Morgan fingerprint density at radius 1 is 1.57 bits per heavy atom. The van der Waals surface area contributed by atoms with Crippen molar-refractivity contribution < 1.29 is 9.53 Å². The van der Waals surface area contributed by atoms with Gasteiger partial charge in [0, 0.05) is 42.1 Å². The minimum absolute atomic E-state index is 0.0277. The summed E-state index contributed by atoms with van der Waals surface area (Å²) in [5.74, 6) is 0.527. The van der Waals surface area contributed by atoms with Crippen LogP contribution in [0.1, 0.15) is 42.5 Å². The zero-order valence-electron chi connectivity index (χ0n) is 13.9. The minimum Gasteiger partial charge on any atom is -0.377 e. The number of ether oxygens (including phenoxy) is 1. The van der Waals surface area contributed by atoms with E-state index in [2.05, 4.69) is 17.2 Å². The summed E-state index contributed by atoms with van der Waals surface area (Å²) in [6.45, 7) is 3.57. The van der Waals surface area contributed by atoms with Gasteiger partial charge < -0.3 is 15.0 Å². The van der Waals surface area contributed by atoms with Crippen LogP contribution in [0.15, 0.2) is 6.20 Å². The molecule has 3 atom stereocenters. The van der Waals surface area contributed by atoms with Gasteiger partial charge in [-0.15, -0.1) is 11.3 Å². The molecule has 3 fully saturated rings. The molecular formula is C17H25N3O2S. The predicted octanol–water partition coefficient (Wildman–Crippen LogP) is 2.80. The number of carbonyl (C=O) groups is 1. The molecule has 4 rings (SSSR count). The molecule has 0 radical (unpaired) electrons. The second-order valence-electron chi connectivity index (χ2n) is 7.19. The highest BCUT2D eigenvalue weighted by Gasteiger charge is 2.67. The fourth-order valence-electron chi connectivity index (χ4n) is 4.56. The molecule has 0 aromatic carbocycles. The first-order valence-corrected chi connectivity index (χ1v) is 9.52. The van der Waals surface area contributed by atoms with Gasteiger partial charge in [0.1, 0.15) is 5.01 Å². The van der Waals surface area contributed by atoms with Gasteiger partial charge in [0.2, 0.25) is 0 Å². The number of hydrogen-bond acceptors (Lipinski definition) is 4. The lowest BCUT2D eigenvalue weighted by Crippen LogP contribution is -2.72. The van der Waals surface area contributed by atoms with E-state index in [0.29, 0.717) is 24.6 Å². The molecule has 5 nitrogen and oxygen atoms in total. The monoisotopic (exact) mass is 335 g/mol. The summed E-state index contributed by atoms with van der Waals surface area (Å²) < 4.78 is 5.92. The van der Waals surface area contributed by atoms with Gasteiger partial charge >= 0.3 is 6.03 Å². The number of hydrogen-bond donors (Lipinski definition) is 1. The number of nitrogens with zero attached hydrogens (tertiary/aromatic N) is 2. The summed E-state index contributed by atoms with van der Waals surface area (Å²) in [5, 5.41) is 4.31. The number of thiazole rings is 1. The average Bonchev–Trinajstić information content (AvgIpc) is 3.10. The van der Waals surface area contributed by atoms with E-state index in [1.165, 1.54) is 24.1 Å². The molecule has 1 spiro atoms. The first kappa shape index (κ1) is 15.4. The van der Waals surface area contributed by atoms with Crippen molar-refractivity contribution in [3.05, 3.63) is 16.1 Å². The Hall–Kier alpha value is -1.14. The number of amides is 2. The van der Waals surface area contributed by atoms with Crippen molar-refractivity contribution in [2.75, 3.05) is 13.7 Å². The number of nitrogens with one attached hydrogen (secondary N) is 1. The number of carbonyl (C=O) groups excluding carboxylic acids is 1. The van der Waals surface area contributed by atoms with Gasteiger partial charge in [0.15, 0.2) is 0 Å². The van der Waals surface area contributed by atoms with E-state index in [9.17, 15) is 4.79 Å². The molecule has 2 aliphatic carbocycles. The van der Waals surface area contributed by atoms with Gasteiger partial charge in [0.25, 0.3) is 0 Å². The van der Waals surface area contributed by atoms with E-state index in [4.69, 9.17) is 4.74 Å². The molecule has 2 heterocycles. The molecule has 0 unspecified atom stereocenters. The fraction of sp³-hybridized carbons (Fsp3) is 0.765. The molecule has 1 aliphatic heterocycles. The third-order valence-electron chi connectivity index (χ3n) is 5.98. The largest absolute Gasteiger partial charge is 0.377 e. The molecule has 2 saturated carbocycles. The molecule has 2 amide bonds. The van der Waals surface area contributed by atoms with E-state index in [0.717, 1.165) is 24.5 Å². The van der Waals surface area contributed by atoms with Gasteiger partial charge in [-0.1, -0.05) is 13.3 Å². The molecule has 6 heteroatoms. The Bertz CT molecular complexity index is 598. The van der Waals surface area contributed by atoms with E-state index in [1.54, 1.807) is 16.2 Å². The maximum atomic E-state index is 12.6. The first-order valence-electron chi connectivity index (χ1n) is 8.71. The van der Waals surface area contributed by atoms with Crippen molar-refractivity contribution >= 4 is 17.4 Å². The molecule has 1 saturated heterocycles. The van der Waals surface area contributed by atoms with Gasteiger partial charge in [-0.05, 0) is 25.7 Å². The summed E-state index contributed by atoms with van der Waals surface area (Å²) in [4.78, 5) is 20.0. The van der Waals surface area contributed by atoms with E-state index in [1.807, 2.05) is 13.2 Å². The van der Waals surface area contributed by atoms with Gasteiger partial charge in [0.05, 0.1) is 12.6 Å². The normalized spacial score (nSPS) is 30.4. The van der Waals surface area contributed by atoms with Crippen molar-refractivity contribution in [1.29, 1.82) is 0 Å². The Balaban J connectivity index is 1.37. The Labute approximate surface area is 141 Å². The molecule has 126 valence electrons. The van der Waals surface area contributed by atoms with E-state index < -0.39 is 0 Å². The van der Waals surface area contributed by atoms with Crippen LogP contribution in [0.25, 0.3) is 0 Å². The average molecular weight is 335 g/mol. The number of fused-ring (bicyclic) bond motifs is 2. The number of urea groups is 1. The highest BCUT2D eigenvalue weighted by atomic mass is 32.1. The van der Waals surface area contributed by atoms with Gasteiger partial charge in [-0.25, -0.2) is 9.78 Å². The summed E-state index contributed by atoms with van der Waals surface area (Å²) in [6, 6.07) is 0.334. The van der Waals surface area contributed by atoms with Crippen LogP contribution in [0.4, 0.5) is 4.79 Å². The third-order valence-corrected chi connectivity index (χ3v) is 7.11. The Kier molecular flexibility index (Phi) is 3.84. The Morgan fingerprint density at radius 2 is 2.39 bits per heavy atom. The van der Waals surface area contributed by atoms with Crippen LogP contribution in [0, 0.1) is 11.3 Å². The van der Waals surface area contributed by atoms with Crippen LogP contribution in [-0.2, 0) is 17.7 Å². The maximum Gasteiger partial charge on any atom is 0.317 e. The quantitative estimate of drug-likeness (QED) is 0.920. The van der Waals surface area contributed by atoms with Crippen molar-refractivity contribution in [1.82, 2.24) is 15.2 Å². The molecule has 1 aromatic heterocycles. The van der Waals surface area contributed by atoms with Crippen LogP contribution < -0.4 is 5.32 Å². The molecule has 23 heavy (non-hydrogen) atoms. The fourth-order valence-corrected chi connectivity index (χ4v) is 5.47. The molecule has 0 bridgehead atoms. The van der Waals surface area contributed by atoms with Crippen molar-refractivity contribution in [3.8, 4) is 0 Å². The van der Waals surface area contributed by atoms with Crippen LogP contribution in [0.3, 0.4) is 0 Å². The smallest absolute Gasteiger partial charge is 0.317 e. The zero-order valence-corrected chi connectivity index (χ0v) is 14.7. The van der Waals surface area contributed by atoms with Gasteiger partial charge in [-0.3, -0.25) is 0 Å². The standard InChI is InChI=1S/C17H25N3O2S/c1-3-11-9-18-13(23-11)10-20(2)16(21)19-14-12-5-8-22-15(12)17(14)6-4-7-17/h9,12,14-15H,3-8,10H2,1-2H3,(H,19,21)/t12-,14+,15-/m0/s1. The molecule has 1 aromatic rings. The predicted molar refractivity (Wildman–Crippen MR) is 89.4 cm³/mol. The number of aromatic nitrogens is 1. The second kappa shape index (κ2) is 5.74. The SMILES string of the molecule is CCc1cnc(CN(C)C(=O)N[C@@H]2[C@@H]3CCO[C@@H]3C23CCC3)s1. The van der Waals surface area contributed by atoms with E-state index in [-0.39, 0.29) is 11.4 Å². The van der Waals surface area contributed by atoms with Crippen LogP contribution in [-0.4, -0.2) is 41.7 Å². The zero-order chi connectivity index (χ0) is 16.0. The topological polar surface area (TPSA) is 54.5 Å². The summed E-state index contributed by atoms with van der Waals surface area (Å²) in [6.07, 6.45) is 8.09. The molecule has 1 N–H and O–H groups in total. The van der Waals surface area contributed by atoms with Crippen LogP contribution >= 0.6 is 11.3 Å². The van der Waals surface area contributed by atoms with Crippen LogP contribution in [0.2, 0.25) is 0 Å². The van der Waals surface area contributed by atoms with Crippen molar-refractivity contribution in [2.24, 2.45) is 11.3 Å². The highest BCUT2D eigenvalue weighted by Crippen LogP contribution is 2.62. The summed E-state index contributed by atoms with van der Waals surface area (Å²) >= 11 is 1.70. The maximum absolute atomic E-state index is 12.6. The lowest BCUT2D eigenvalue weighted by atomic mass is 9.46. The number of aryl methyl sites for hydroxylation is 1. The van der Waals surface area contributed by atoms with Crippen molar-refractivity contribution in [3.63, 3.8) is 0 Å². The van der Waals surface area contributed by atoms with Crippen molar-refractivity contribution in [2.45, 2.75) is 57.7 Å².